The topological polar surface area (TPSA) is 120 Å². The molecule has 11 heteroatoms. The number of likely N-dealkylation sites (N-methyl/N-ethyl adjacent to an activating group) is 1. The zero-order valence-electron chi connectivity index (χ0n) is 19.6. The number of nitro groups is 1. The SMILES string of the molecule is CN1/C(=C\C(=O)COC(=O)c2ccc(Sc3nncn3C)c([N+](=O)[O-])c2)C(C)(C)c2ccccc21. The van der Waals surface area contributed by atoms with E-state index < -0.39 is 17.5 Å². The predicted molar refractivity (Wildman–Crippen MR) is 129 cm³/mol. The second kappa shape index (κ2) is 9.34. The van der Waals surface area contributed by atoms with Crippen LogP contribution in [0, 0.1) is 10.1 Å². The first-order chi connectivity index (χ1) is 16.6. The number of benzene rings is 2. The number of carbonyl (C=O) groups excluding carboxylic acids is 2. The highest BCUT2D eigenvalue weighted by molar-refractivity contribution is 7.99. The van der Waals surface area contributed by atoms with Crippen LogP contribution in [0.2, 0.25) is 0 Å². The van der Waals surface area contributed by atoms with Crippen molar-refractivity contribution >= 4 is 34.9 Å². The molecule has 10 nitrogen and oxygen atoms in total. The van der Waals surface area contributed by atoms with E-state index >= 15 is 0 Å². The summed E-state index contributed by atoms with van der Waals surface area (Å²) in [5.74, 6) is -1.21. The highest BCUT2D eigenvalue weighted by Crippen LogP contribution is 2.46. The molecule has 1 aromatic heterocycles. The molecular weight excluding hydrogens is 470 g/mol. The fourth-order valence-corrected chi connectivity index (χ4v) is 4.86. The number of esters is 1. The third-order valence-electron chi connectivity index (χ3n) is 5.85. The number of fused-ring (bicyclic) bond motifs is 1. The summed E-state index contributed by atoms with van der Waals surface area (Å²) in [6.45, 7) is 3.58. The largest absolute Gasteiger partial charge is 0.454 e. The second-order valence-electron chi connectivity index (χ2n) is 8.54. The molecule has 0 atom stereocenters. The minimum Gasteiger partial charge on any atom is -0.454 e. The summed E-state index contributed by atoms with van der Waals surface area (Å²) in [6.07, 6.45) is 2.96. The number of nitro benzene ring substituents is 1. The van der Waals surface area contributed by atoms with Crippen LogP contribution >= 0.6 is 11.8 Å². The maximum Gasteiger partial charge on any atom is 0.338 e. The fourth-order valence-electron chi connectivity index (χ4n) is 4.01. The molecule has 180 valence electrons. The lowest BCUT2D eigenvalue weighted by Gasteiger charge is -2.23. The lowest BCUT2D eigenvalue weighted by molar-refractivity contribution is -0.387. The lowest BCUT2D eigenvalue weighted by Crippen LogP contribution is -2.25. The summed E-state index contributed by atoms with van der Waals surface area (Å²) in [4.78, 5) is 38.5. The molecule has 0 radical (unpaired) electrons. The Morgan fingerprint density at radius 2 is 1.94 bits per heavy atom. The van der Waals surface area contributed by atoms with Gasteiger partial charge in [0.05, 0.1) is 15.4 Å². The third-order valence-corrected chi connectivity index (χ3v) is 6.96. The molecule has 2 aromatic carbocycles. The molecule has 2 heterocycles. The highest BCUT2D eigenvalue weighted by Gasteiger charge is 2.38. The van der Waals surface area contributed by atoms with Crippen molar-refractivity contribution in [3.05, 3.63) is 81.8 Å². The summed E-state index contributed by atoms with van der Waals surface area (Å²) >= 11 is 1.06. The van der Waals surface area contributed by atoms with E-state index in [1.165, 1.54) is 24.5 Å². The van der Waals surface area contributed by atoms with Crippen LogP contribution in [-0.4, -0.2) is 45.1 Å². The average Bonchev–Trinajstić information content (AvgIpc) is 3.31. The first kappa shape index (κ1) is 24.1. The summed E-state index contributed by atoms with van der Waals surface area (Å²) in [7, 11) is 3.60. The van der Waals surface area contributed by atoms with Crippen molar-refractivity contribution in [2.75, 3.05) is 18.6 Å². The van der Waals surface area contributed by atoms with Gasteiger partial charge >= 0.3 is 5.97 Å². The Kier molecular flexibility index (Phi) is 6.44. The molecule has 3 aromatic rings. The number of aromatic nitrogens is 3. The summed E-state index contributed by atoms with van der Waals surface area (Å²) in [5, 5.41) is 19.7. The van der Waals surface area contributed by atoms with Gasteiger partial charge in [-0.2, -0.15) is 0 Å². The van der Waals surface area contributed by atoms with Crippen LogP contribution in [0.15, 0.2) is 70.6 Å². The van der Waals surface area contributed by atoms with Gasteiger partial charge in [-0.1, -0.05) is 32.0 Å². The van der Waals surface area contributed by atoms with Gasteiger partial charge in [0.1, 0.15) is 6.33 Å². The number of rotatable bonds is 7. The molecule has 0 bridgehead atoms. The number of aryl methyl sites for hydroxylation is 1. The maximum absolute atomic E-state index is 12.7. The number of anilines is 1. The predicted octanol–water partition coefficient (Wildman–Crippen LogP) is 3.91. The van der Waals surface area contributed by atoms with Crippen molar-refractivity contribution in [2.24, 2.45) is 7.05 Å². The zero-order chi connectivity index (χ0) is 25.3. The summed E-state index contributed by atoms with van der Waals surface area (Å²) in [5.41, 5.74) is 2.23. The first-order valence-electron chi connectivity index (χ1n) is 10.6. The number of carbonyl (C=O) groups is 2. The van der Waals surface area contributed by atoms with Gasteiger partial charge in [-0.15, -0.1) is 10.2 Å². The number of hydrogen-bond acceptors (Lipinski definition) is 9. The van der Waals surface area contributed by atoms with Gasteiger partial charge in [0.25, 0.3) is 5.69 Å². The van der Waals surface area contributed by atoms with Crippen LogP contribution in [-0.2, 0) is 22.0 Å². The Morgan fingerprint density at radius 3 is 2.60 bits per heavy atom. The van der Waals surface area contributed by atoms with Crippen LogP contribution < -0.4 is 4.90 Å². The van der Waals surface area contributed by atoms with Crippen molar-refractivity contribution in [1.29, 1.82) is 0 Å². The van der Waals surface area contributed by atoms with Crippen molar-refractivity contribution in [3.63, 3.8) is 0 Å². The molecule has 4 rings (SSSR count). The highest BCUT2D eigenvalue weighted by atomic mass is 32.2. The van der Waals surface area contributed by atoms with Crippen molar-refractivity contribution in [3.8, 4) is 0 Å². The van der Waals surface area contributed by atoms with Gasteiger partial charge in [-0.3, -0.25) is 14.9 Å². The second-order valence-corrected chi connectivity index (χ2v) is 9.55. The Morgan fingerprint density at radius 1 is 1.20 bits per heavy atom. The molecule has 1 aliphatic heterocycles. The van der Waals surface area contributed by atoms with E-state index in [4.69, 9.17) is 4.74 Å². The molecule has 0 N–H and O–H groups in total. The van der Waals surface area contributed by atoms with Gasteiger partial charge in [0.2, 0.25) is 0 Å². The lowest BCUT2D eigenvalue weighted by atomic mass is 9.83. The Bertz CT molecular complexity index is 1360. The fraction of sp³-hybridized carbons (Fsp3) is 0.250. The van der Waals surface area contributed by atoms with Crippen LogP contribution in [0.3, 0.4) is 0 Å². The maximum atomic E-state index is 12.7. The van der Waals surface area contributed by atoms with Crippen molar-refractivity contribution in [2.45, 2.75) is 29.3 Å². The minimum absolute atomic E-state index is 0.0230. The van der Waals surface area contributed by atoms with E-state index in [9.17, 15) is 19.7 Å². The molecule has 35 heavy (non-hydrogen) atoms. The number of ketones is 1. The number of hydrogen-bond donors (Lipinski definition) is 0. The standard InChI is InChI=1S/C24H23N5O5S/c1-24(2)17-7-5-6-8-18(17)28(4)21(24)12-16(30)13-34-22(31)15-9-10-20(19(11-15)29(32)33)35-23-26-25-14-27(23)3/h5-12,14H,13H2,1-4H3/b21-12-. The number of nitrogens with zero attached hydrogens (tertiary/aromatic N) is 5. The van der Waals surface area contributed by atoms with E-state index in [1.807, 2.05) is 50.1 Å². The summed E-state index contributed by atoms with van der Waals surface area (Å²) in [6, 6.07) is 11.9. The van der Waals surface area contributed by atoms with Crippen molar-refractivity contribution < 1.29 is 19.2 Å². The third kappa shape index (κ3) is 4.67. The van der Waals surface area contributed by atoms with Gasteiger partial charge in [-0.05, 0) is 35.5 Å². The molecule has 1 aliphatic rings. The van der Waals surface area contributed by atoms with Crippen LogP contribution in [0.5, 0.6) is 0 Å². The van der Waals surface area contributed by atoms with Gasteiger partial charge in [0, 0.05) is 43.0 Å². The molecular formula is C24H23N5O5S. The number of allylic oxidation sites excluding steroid dienone is 1. The van der Waals surface area contributed by atoms with Gasteiger partial charge in [-0.25, -0.2) is 4.79 Å². The van der Waals surface area contributed by atoms with Crippen LogP contribution in [0.4, 0.5) is 11.4 Å². The van der Waals surface area contributed by atoms with Gasteiger partial charge in [0.15, 0.2) is 17.5 Å². The van der Waals surface area contributed by atoms with Crippen LogP contribution in [0.25, 0.3) is 0 Å². The van der Waals surface area contributed by atoms with E-state index in [0.717, 1.165) is 34.8 Å². The molecule has 0 spiro atoms. The Labute approximate surface area is 205 Å². The Balaban J connectivity index is 1.47. The van der Waals surface area contributed by atoms with Crippen molar-refractivity contribution in [1.82, 2.24) is 14.8 Å². The van der Waals surface area contributed by atoms with E-state index in [2.05, 4.69) is 10.2 Å². The molecule has 0 saturated heterocycles. The monoisotopic (exact) mass is 493 g/mol. The Hall–Kier alpha value is -3.99. The molecule has 0 unspecified atom stereocenters. The van der Waals surface area contributed by atoms with Gasteiger partial charge < -0.3 is 14.2 Å². The smallest absolute Gasteiger partial charge is 0.338 e. The zero-order valence-corrected chi connectivity index (χ0v) is 20.4. The molecule has 0 aliphatic carbocycles. The quantitative estimate of drug-likeness (QED) is 0.209. The van der Waals surface area contributed by atoms with E-state index in [-0.39, 0.29) is 22.4 Å². The number of para-hydroxylation sites is 1. The molecule has 0 saturated carbocycles. The molecule has 0 amide bonds. The van der Waals surface area contributed by atoms with E-state index in [1.54, 1.807) is 11.6 Å². The number of ether oxygens (including phenoxy) is 1. The van der Waals surface area contributed by atoms with E-state index in [0.29, 0.717) is 10.1 Å². The average molecular weight is 494 g/mol. The molecule has 0 fully saturated rings. The van der Waals surface area contributed by atoms with Crippen LogP contribution in [0.1, 0.15) is 29.8 Å². The first-order valence-corrected chi connectivity index (χ1v) is 11.5. The normalized spacial score (nSPS) is 15.2. The minimum atomic E-state index is -0.822. The summed E-state index contributed by atoms with van der Waals surface area (Å²) < 4.78 is 6.80.